The first-order valence-corrected chi connectivity index (χ1v) is 10.9. The summed E-state index contributed by atoms with van der Waals surface area (Å²) in [6.07, 6.45) is 0.449. The molecule has 0 bridgehead atoms. The number of pyridine rings is 1. The van der Waals surface area contributed by atoms with Crippen molar-refractivity contribution in [3.05, 3.63) is 69.7 Å². The summed E-state index contributed by atoms with van der Waals surface area (Å²) in [5, 5.41) is 20.1. The molecular formula is C22H19N5O5S. The Morgan fingerprint density at radius 3 is 2.67 bits per heavy atom. The summed E-state index contributed by atoms with van der Waals surface area (Å²) in [4.78, 5) is 41.3. The molecule has 168 valence electrons. The maximum atomic E-state index is 13.0. The number of nitro groups is 1. The summed E-state index contributed by atoms with van der Waals surface area (Å²) in [5.41, 5.74) is 1.69. The lowest BCUT2D eigenvalue weighted by molar-refractivity contribution is -0.384. The first kappa shape index (κ1) is 22.1. The van der Waals surface area contributed by atoms with Crippen molar-refractivity contribution in [1.29, 1.82) is 0 Å². The summed E-state index contributed by atoms with van der Waals surface area (Å²) in [7, 11) is 0. The minimum Gasteiger partial charge on any atom is -0.449 e. The van der Waals surface area contributed by atoms with Gasteiger partial charge in [-0.1, -0.05) is 6.07 Å². The van der Waals surface area contributed by atoms with Crippen LogP contribution in [0.4, 0.5) is 11.4 Å². The predicted octanol–water partition coefficient (Wildman–Crippen LogP) is 4.27. The number of amides is 1. The van der Waals surface area contributed by atoms with Gasteiger partial charge in [0, 0.05) is 24.4 Å². The smallest absolute Gasteiger partial charge is 0.339 e. The molecule has 0 radical (unpaired) electrons. The highest BCUT2D eigenvalue weighted by Crippen LogP contribution is 2.28. The van der Waals surface area contributed by atoms with Crippen molar-refractivity contribution in [2.45, 2.75) is 26.5 Å². The Balaban J connectivity index is 1.56. The standard InChI is InChI=1S/C22H19N5O5S/c1-3-26-20-17(12-23-26)16(11-18(25-20)19-5-4-10-33-19)22(29)32-13(2)21(28)24-14-6-8-15(9-7-14)27(30)31/h4-13H,3H2,1-2H3,(H,24,28). The van der Waals surface area contributed by atoms with Gasteiger partial charge in [-0.15, -0.1) is 11.3 Å². The fourth-order valence-corrected chi connectivity index (χ4v) is 3.87. The van der Waals surface area contributed by atoms with E-state index in [4.69, 9.17) is 4.74 Å². The van der Waals surface area contributed by atoms with Crippen LogP contribution in [-0.4, -0.2) is 37.7 Å². The lowest BCUT2D eigenvalue weighted by atomic mass is 10.1. The van der Waals surface area contributed by atoms with Crippen LogP contribution in [0.2, 0.25) is 0 Å². The molecule has 1 amide bonds. The number of ether oxygens (including phenoxy) is 1. The monoisotopic (exact) mass is 465 g/mol. The highest BCUT2D eigenvalue weighted by atomic mass is 32.1. The van der Waals surface area contributed by atoms with E-state index in [1.807, 2.05) is 24.4 Å². The first-order valence-electron chi connectivity index (χ1n) is 10.0. The fourth-order valence-electron chi connectivity index (χ4n) is 3.19. The molecule has 0 aliphatic rings. The molecule has 4 rings (SSSR count). The molecule has 11 heteroatoms. The number of hydrogen-bond donors (Lipinski definition) is 1. The van der Waals surface area contributed by atoms with Gasteiger partial charge in [-0.25, -0.2) is 14.5 Å². The van der Waals surface area contributed by atoms with Crippen molar-refractivity contribution >= 4 is 45.6 Å². The van der Waals surface area contributed by atoms with Crippen molar-refractivity contribution in [1.82, 2.24) is 14.8 Å². The summed E-state index contributed by atoms with van der Waals surface area (Å²) in [6, 6.07) is 10.8. The second kappa shape index (κ2) is 9.17. The van der Waals surface area contributed by atoms with Crippen LogP contribution in [0.3, 0.4) is 0 Å². The number of non-ortho nitro benzene ring substituents is 1. The third-order valence-electron chi connectivity index (χ3n) is 4.90. The summed E-state index contributed by atoms with van der Waals surface area (Å²) in [6.45, 7) is 3.95. The lowest BCUT2D eigenvalue weighted by Gasteiger charge is -2.14. The number of hydrogen-bond acceptors (Lipinski definition) is 8. The maximum absolute atomic E-state index is 13.0. The molecule has 3 heterocycles. The van der Waals surface area contributed by atoms with E-state index in [0.717, 1.165) is 4.88 Å². The summed E-state index contributed by atoms with van der Waals surface area (Å²) < 4.78 is 7.12. The Hall–Kier alpha value is -4.12. The molecule has 3 aromatic heterocycles. The number of aryl methyl sites for hydroxylation is 1. The van der Waals surface area contributed by atoms with Crippen molar-refractivity contribution < 1.29 is 19.2 Å². The number of rotatable bonds is 7. The van der Waals surface area contributed by atoms with E-state index in [9.17, 15) is 19.7 Å². The van der Waals surface area contributed by atoms with E-state index in [-0.39, 0.29) is 11.3 Å². The molecule has 0 aliphatic carbocycles. The van der Waals surface area contributed by atoms with Crippen LogP contribution >= 0.6 is 11.3 Å². The third-order valence-corrected chi connectivity index (χ3v) is 5.79. The SMILES string of the molecule is CCn1ncc2c(C(=O)OC(C)C(=O)Nc3ccc([N+](=O)[O-])cc3)cc(-c3cccs3)nc21. The van der Waals surface area contributed by atoms with Gasteiger partial charge in [0.2, 0.25) is 0 Å². The number of thiophene rings is 1. The summed E-state index contributed by atoms with van der Waals surface area (Å²) >= 11 is 1.49. The number of anilines is 1. The number of fused-ring (bicyclic) bond motifs is 1. The number of nitrogens with zero attached hydrogens (tertiary/aromatic N) is 4. The number of aromatic nitrogens is 3. The van der Waals surface area contributed by atoms with Crippen LogP contribution in [0.25, 0.3) is 21.6 Å². The van der Waals surface area contributed by atoms with Gasteiger partial charge in [-0.2, -0.15) is 5.10 Å². The average Bonchev–Trinajstić information content (AvgIpc) is 3.48. The third kappa shape index (κ3) is 4.58. The molecule has 0 fully saturated rings. The van der Waals surface area contributed by atoms with E-state index >= 15 is 0 Å². The van der Waals surface area contributed by atoms with Gasteiger partial charge in [0.1, 0.15) is 0 Å². The number of esters is 1. The number of nitro benzene ring substituents is 1. The number of carbonyl (C=O) groups is 2. The molecule has 33 heavy (non-hydrogen) atoms. The van der Waals surface area contributed by atoms with Crippen molar-refractivity contribution in [2.75, 3.05) is 5.32 Å². The Bertz CT molecular complexity index is 1330. The van der Waals surface area contributed by atoms with Crippen LogP contribution in [0, 0.1) is 10.1 Å². The molecule has 1 unspecified atom stereocenters. The number of carbonyl (C=O) groups excluding carboxylic acids is 2. The van der Waals surface area contributed by atoms with E-state index in [1.165, 1.54) is 42.5 Å². The number of benzene rings is 1. The molecule has 0 saturated heterocycles. The fraction of sp³-hybridized carbons (Fsp3) is 0.182. The zero-order chi connectivity index (χ0) is 23.5. The van der Waals surface area contributed by atoms with Crippen LogP contribution in [0.15, 0.2) is 54.0 Å². The zero-order valence-electron chi connectivity index (χ0n) is 17.7. The Labute approximate surface area is 192 Å². The van der Waals surface area contributed by atoms with Gasteiger partial charge in [0.05, 0.1) is 32.6 Å². The molecule has 10 nitrogen and oxygen atoms in total. The van der Waals surface area contributed by atoms with Gasteiger partial charge >= 0.3 is 5.97 Å². The molecule has 1 N–H and O–H groups in total. The van der Waals surface area contributed by atoms with Crippen LogP contribution < -0.4 is 5.32 Å². The molecule has 0 saturated carbocycles. The average molecular weight is 465 g/mol. The summed E-state index contributed by atoms with van der Waals surface area (Å²) in [5.74, 6) is -1.24. The van der Waals surface area contributed by atoms with Crippen LogP contribution in [0.1, 0.15) is 24.2 Å². The largest absolute Gasteiger partial charge is 0.449 e. The molecule has 0 spiro atoms. The van der Waals surface area contributed by atoms with Gasteiger partial charge in [-0.3, -0.25) is 14.9 Å². The van der Waals surface area contributed by atoms with E-state index in [1.54, 1.807) is 16.9 Å². The molecular weight excluding hydrogens is 446 g/mol. The molecule has 4 aromatic rings. The predicted molar refractivity (Wildman–Crippen MR) is 123 cm³/mol. The minimum absolute atomic E-state index is 0.0941. The Morgan fingerprint density at radius 2 is 2.03 bits per heavy atom. The lowest BCUT2D eigenvalue weighted by Crippen LogP contribution is -2.30. The van der Waals surface area contributed by atoms with E-state index < -0.39 is 22.9 Å². The van der Waals surface area contributed by atoms with Crippen LogP contribution in [0.5, 0.6) is 0 Å². The van der Waals surface area contributed by atoms with E-state index in [0.29, 0.717) is 29.0 Å². The minimum atomic E-state index is -1.11. The van der Waals surface area contributed by atoms with Crippen molar-refractivity contribution in [2.24, 2.45) is 0 Å². The quantitative estimate of drug-likeness (QED) is 0.245. The van der Waals surface area contributed by atoms with Crippen LogP contribution in [-0.2, 0) is 16.1 Å². The van der Waals surface area contributed by atoms with Gasteiger partial charge in [-0.05, 0) is 43.5 Å². The first-order chi connectivity index (χ1) is 15.9. The number of nitrogens with one attached hydrogen (secondary N) is 1. The second-order valence-corrected chi connectivity index (χ2v) is 8.02. The Morgan fingerprint density at radius 1 is 1.27 bits per heavy atom. The maximum Gasteiger partial charge on any atom is 0.339 e. The van der Waals surface area contributed by atoms with Gasteiger partial charge in [0.15, 0.2) is 11.8 Å². The van der Waals surface area contributed by atoms with Crippen molar-refractivity contribution in [3.8, 4) is 10.6 Å². The molecule has 0 aliphatic heterocycles. The van der Waals surface area contributed by atoms with Gasteiger partial charge < -0.3 is 10.1 Å². The Kier molecular flexibility index (Phi) is 6.13. The van der Waals surface area contributed by atoms with Gasteiger partial charge in [0.25, 0.3) is 11.6 Å². The highest BCUT2D eigenvalue weighted by Gasteiger charge is 2.23. The normalized spacial score (nSPS) is 11.8. The second-order valence-electron chi connectivity index (χ2n) is 7.07. The highest BCUT2D eigenvalue weighted by molar-refractivity contribution is 7.13. The zero-order valence-corrected chi connectivity index (χ0v) is 18.5. The topological polar surface area (TPSA) is 129 Å². The molecule has 1 aromatic carbocycles. The van der Waals surface area contributed by atoms with E-state index in [2.05, 4.69) is 15.4 Å². The molecule has 1 atom stereocenters. The van der Waals surface area contributed by atoms with Crippen molar-refractivity contribution in [3.63, 3.8) is 0 Å².